The summed E-state index contributed by atoms with van der Waals surface area (Å²) >= 11 is 0. The van der Waals surface area contributed by atoms with E-state index >= 15 is 0 Å². The number of carbonyl (C=O) groups is 1. The monoisotopic (exact) mass is 354 g/mol. The van der Waals surface area contributed by atoms with Gasteiger partial charge in [0.05, 0.1) is 30.8 Å². The van der Waals surface area contributed by atoms with Crippen molar-refractivity contribution in [2.24, 2.45) is 0 Å². The predicted octanol–water partition coefficient (Wildman–Crippen LogP) is 2.80. The van der Waals surface area contributed by atoms with Gasteiger partial charge in [-0.1, -0.05) is 6.92 Å². The number of anilines is 1. The summed E-state index contributed by atoms with van der Waals surface area (Å²) in [7, 11) is 0. The van der Waals surface area contributed by atoms with Crippen LogP contribution in [0.3, 0.4) is 0 Å². The Morgan fingerprint density at radius 2 is 2.12 bits per heavy atom. The Bertz CT molecular complexity index is 909. The van der Waals surface area contributed by atoms with Crippen molar-refractivity contribution in [2.45, 2.75) is 19.9 Å². The minimum atomic E-state index is -0.253. The molecule has 7 nitrogen and oxygen atoms in total. The molecule has 0 saturated carbocycles. The van der Waals surface area contributed by atoms with E-state index < -0.39 is 0 Å². The number of hydrogen-bond donors (Lipinski definition) is 2. The maximum atomic E-state index is 12.3. The fourth-order valence-electron chi connectivity index (χ4n) is 3.07. The molecule has 0 spiro atoms. The van der Waals surface area contributed by atoms with E-state index in [0.29, 0.717) is 11.4 Å². The number of aromatic amines is 1. The first kappa shape index (κ1) is 16.8. The summed E-state index contributed by atoms with van der Waals surface area (Å²) in [6.45, 7) is 6.13. The highest BCUT2D eigenvalue weighted by Crippen LogP contribution is 2.19. The van der Waals surface area contributed by atoms with Crippen LogP contribution in [0.15, 0.2) is 34.7 Å². The Labute approximate surface area is 151 Å². The lowest BCUT2D eigenvalue weighted by Crippen LogP contribution is -2.35. The van der Waals surface area contributed by atoms with Crippen LogP contribution >= 0.6 is 0 Å². The number of fused-ring (bicyclic) bond motifs is 1. The van der Waals surface area contributed by atoms with E-state index in [1.165, 1.54) is 0 Å². The van der Waals surface area contributed by atoms with E-state index in [9.17, 15) is 4.79 Å². The summed E-state index contributed by atoms with van der Waals surface area (Å²) in [6.07, 6.45) is 0.763. The van der Waals surface area contributed by atoms with Crippen LogP contribution in [0.4, 0.5) is 5.69 Å². The fraction of sp³-hybridized carbons (Fsp3) is 0.368. The number of amides is 1. The lowest BCUT2D eigenvalue weighted by Gasteiger charge is -2.25. The van der Waals surface area contributed by atoms with E-state index in [2.05, 4.69) is 20.2 Å². The molecule has 3 heterocycles. The first-order valence-corrected chi connectivity index (χ1v) is 8.90. The maximum absolute atomic E-state index is 12.3. The zero-order chi connectivity index (χ0) is 17.9. The van der Waals surface area contributed by atoms with Crippen LogP contribution in [0.1, 0.15) is 29.1 Å². The maximum Gasteiger partial charge on any atom is 0.291 e. The molecule has 136 valence electrons. The number of aromatic nitrogens is 2. The van der Waals surface area contributed by atoms with Gasteiger partial charge in [-0.25, -0.2) is 4.98 Å². The Morgan fingerprint density at radius 1 is 1.27 bits per heavy atom. The van der Waals surface area contributed by atoms with Gasteiger partial charge in [-0.05, 0) is 30.3 Å². The third-order valence-corrected chi connectivity index (χ3v) is 4.50. The lowest BCUT2D eigenvalue weighted by molar-refractivity contribution is 0.0332. The molecule has 1 aromatic carbocycles. The molecule has 0 radical (unpaired) electrons. The second-order valence-electron chi connectivity index (χ2n) is 6.38. The molecule has 2 aromatic heterocycles. The summed E-state index contributed by atoms with van der Waals surface area (Å²) in [5, 5.41) is 2.87. The van der Waals surface area contributed by atoms with Crippen LogP contribution in [-0.2, 0) is 17.7 Å². The molecular formula is C19H22N4O3. The van der Waals surface area contributed by atoms with Gasteiger partial charge in [0.15, 0.2) is 5.76 Å². The third kappa shape index (κ3) is 3.63. The highest BCUT2D eigenvalue weighted by molar-refractivity contribution is 6.03. The highest BCUT2D eigenvalue weighted by Gasteiger charge is 2.14. The molecule has 1 fully saturated rings. The van der Waals surface area contributed by atoms with Gasteiger partial charge in [0.2, 0.25) is 0 Å². The minimum absolute atomic E-state index is 0.253. The number of carbonyl (C=O) groups excluding carboxylic acids is 1. The van der Waals surface area contributed by atoms with Gasteiger partial charge in [0.1, 0.15) is 11.6 Å². The van der Waals surface area contributed by atoms with Crippen molar-refractivity contribution in [3.63, 3.8) is 0 Å². The molecule has 3 aromatic rings. The second-order valence-corrected chi connectivity index (χ2v) is 6.38. The van der Waals surface area contributed by atoms with E-state index in [1.54, 1.807) is 6.07 Å². The van der Waals surface area contributed by atoms with Crippen LogP contribution in [0.25, 0.3) is 11.0 Å². The molecule has 2 N–H and O–H groups in total. The third-order valence-electron chi connectivity index (χ3n) is 4.50. The fourth-order valence-corrected chi connectivity index (χ4v) is 3.07. The SMILES string of the molecule is CCc1ccc(C(=O)Nc2ccc3nc(CN4CCOCC4)[nH]c3c2)o1. The Morgan fingerprint density at radius 3 is 2.88 bits per heavy atom. The molecule has 0 bridgehead atoms. The number of rotatable bonds is 5. The largest absolute Gasteiger partial charge is 0.456 e. The van der Waals surface area contributed by atoms with Gasteiger partial charge >= 0.3 is 0 Å². The van der Waals surface area contributed by atoms with Crippen molar-refractivity contribution in [2.75, 3.05) is 31.6 Å². The number of imidazole rings is 1. The van der Waals surface area contributed by atoms with Crippen LogP contribution < -0.4 is 5.32 Å². The van der Waals surface area contributed by atoms with Crippen LogP contribution in [0.5, 0.6) is 0 Å². The molecule has 1 amide bonds. The normalized spacial score (nSPS) is 15.4. The molecule has 0 aliphatic carbocycles. The standard InChI is InChI=1S/C19H22N4O3/c1-2-14-4-6-17(26-14)19(24)20-13-3-5-15-16(11-13)22-18(21-15)12-23-7-9-25-10-8-23/h3-6,11H,2,7-10,12H2,1H3,(H,20,24)(H,21,22). The topological polar surface area (TPSA) is 83.4 Å². The van der Waals surface area contributed by atoms with Crippen LogP contribution in [0, 0.1) is 0 Å². The predicted molar refractivity (Wildman–Crippen MR) is 98.2 cm³/mol. The zero-order valence-electron chi connectivity index (χ0n) is 14.7. The summed E-state index contributed by atoms with van der Waals surface area (Å²) in [4.78, 5) is 22.6. The summed E-state index contributed by atoms with van der Waals surface area (Å²) in [5.41, 5.74) is 2.50. The van der Waals surface area contributed by atoms with E-state index in [0.717, 1.165) is 61.9 Å². The Kier molecular flexibility index (Phi) is 4.73. The lowest BCUT2D eigenvalue weighted by atomic mass is 10.2. The average molecular weight is 354 g/mol. The van der Waals surface area contributed by atoms with Gasteiger partial charge in [-0.15, -0.1) is 0 Å². The average Bonchev–Trinajstić information content (AvgIpc) is 3.28. The highest BCUT2D eigenvalue weighted by atomic mass is 16.5. The van der Waals surface area contributed by atoms with Gasteiger partial charge in [-0.2, -0.15) is 0 Å². The first-order valence-electron chi connectivity index (χ1n) is 8.90. The van der Waals surface area contributed by atoms with Gasteiger partial charge in [-0.3, -0.25) is 9.69 Å². The Balaban J connectivity index is 1.47. The van der Waals surface area contributed by atoms with Crippen molar-refractivity contribution in [3.05, 3.63) is 47.7 Å². The van der Waals surface area contributed by atoms with E-state index in [4.69, 9.17) is 9.15 Å². The molecule has 1 saturated heterocycles. The van der Waals surface area contributed by atoms with Crippen LogP contribution in [0.2, 0.25) is 0 Å². The van der Waals surface area contributed by atoms with Gasteiger partial charge < -0.3 is 19.5 Å². The Hall–Kier alpha value is -2.64. The minimum Gasteiger partial charge on any atom is -0.456 e. The van der Waals surface area contributed by atoms with Crippen molar-refractivity contribution in [3.8, 4) is 0 Å². The summed E-state index contributed by atoms with van der Waals surface area (Å²) in [6, 6.07) is 9.17. The molecule has 1 aliphatic heterocycles. The number of aryl methyl sites for hydroxylation is 1. The smallest absolute Gasteiger partial charge is 0.291 e. The molecule has 26 heavy (non-hydrogen) atoms. The van der Waals surface area contributed by atoms with E-state index in [1.807, 2.05) is 31.2 Å². The van der Waals surface area contributed by atoms with Crippen LogP contribution in [-0.4, -0.2) is 47.1 Å². The van der Waals surface area contributed by atoms with Crippen molar-refractivity contribution in [1.29, 1.82) is 0 Å². The summed E-state index contributed by atoms with van der Waals surface area (Å²) in [5.74, 6) is 1.78. The number of hydrogen-bond acceptors (Lipinski definition) is 5. The number of nitrogens with zero attached hydrogens (tertiary/aromatic N) is 2. The molecular weight excluding hydrogens is 332 g/mol. The number of ether oxygens (including phenoxy) is 1. The molecule has 1 aliphatic rings. The molecule has 4 rings (SSSR count). The number of nitrogens with one attached hydrogen (secondary N) is 2. The number of benzene rings is 1. The van der Waals surface area contributed by atoms with Crippen molar-refractivity contribution in [1.82, 2.24) is 14.9 Å². The number of furan rings is 1. The molecule has 7 heteroatoms. The number of H-pyrrole nitrogens is 1. The first-order chi connectivity index (χ1) is 12.7. The quantitative estimate of drug-likeness (QED) is 0.736. The zero-order valence-corrected chi connectivity index (χ0v) is 14.7. The van der Waals surface area contributed by atoms with Gasteiger partial charge in [0, 0.05) is 25.2 Å². The van der Waals surface area contributed by atoms with Crippen molar-refractivity contribution < 1.29 is 13.9 Å². The second kappa shape index (κ2) is 7.31. The van der Waals surface area contributed by atoms with Crippen molar-refractivity contribution >= 4 is 22.6 Å². The van der Waals surface area contributed by atoms with Gasteiger partial charge in [0.25, 0.3) is 5.91 Å². The number of morpholine rings is 1. The molecule has 0 unspecified atom stereocenters. The molecule has 0 atom stereocenters. The summed E-state index contributed by atoms with van der Waals surface area (Å²) < 4.78 is 10.9. The van der Waals surface area contributed by atoms with E-state index in [-0.39, 0.29) is 5.91 Å².